The zero-order valence-electron chi connectivity index (χ0n) is 15.6. The highest BCUT2D eigenvalue weighted by atomic mass is 32.2. The summed E-state index contributed by atoms with van der Waals surface area (Å²) < 4.78 is 34.5. The van der Waals surface area contributed by atoms with Crippen LogP contribution in [0.5, 0.6) is 5.75 Å². The van der Waals surface area contributed by atoms with E-state index in [1.165, 1.54) is 12.3 Å². The van der Waals surface area contributed by atoms with Gasteiger partial charge in [0.05, 0.1) is 11.4 Å². The van der Waals surface area contributed by atoms with Crippen LogP contribution < -0.4 is 13.8 Å². The topological polar surface area (TPSA) is 118 Å². The standard InChI is InChI=1S/C20H17N3O6S/c24-19-12-23(30(27,28)21-19)17-11-15(16-7-4-10-22(16)20(25)26)8-9-18(17)29-13-14-5-2-1-3-6-14/h1-11H,12-13H2,(H,21,24)(H,25,26). The summed E-state index contributed by atoms with van der Waals surface area (Å²) >= 11 is 0. The van der Waals surface area contributed by atoms with Gasteiger partial charge < -0.3 is 9.84 Å². The van der Waals surface area contributed by atoms with Crippen molar-refractivity contribution < 1.29 is 27.9 Å². The first-order chi connectivity index (χ1) is 14.3. The highest BCUT2D eigenvalue weighted by Gasteiger charge is 2.36. The Kier molecular flexibility index (Phi) is 4.92. The molecule has 1 saturated heterocycles. The predicted molar refractivity (Wildman–Crippen MR) is 108 cm³/mol. The quantitative estimate of drug-likeness (QED) is 0.646. The average Bonchev–Trinajstić information content (AvgIpc) is 3.31. The van der Waals surface area contributed by atoms with Crippen molar-refractivity contribution in [3.8, 4) is 17.0 Å². The van der Waals surface area contributed by atoms with Crippen molar-refractivity contribution in [1.29, 1.82) is 0 Å². The van der Waals surface area contributed by atoms with Gasteiger partial charge in [0.15, 0.2) is 0 Å². The lowest BCUT2D eigenvalue weighted by atomic mass is 10.1. The minimum atomic E-state index is -4.08. The van der Waals surface area contributed by atoms with E-state index < -0.39 is 28.8 Å². The lowest BCUT2D eigenvalue weighted by Gasteiger charge is -2.20. The molecule has 0 bridgehead atoms. The monoisotopic (exact) mass is 427 g/mol. The Morgan fingerprint density at radius 2 is 1.87 bits per heavy atom. The number of carboxylic acid groups (broad SMARTS) is 1. The van der Waals surface area contributed by atoms with E-state index in [4.69, 9.17) is 4.74 Å². The van der Waals surface area contributed by atoms with Crippen molar-refractivity contribution in [3.05, 3.63) is 72.4 Å². The number of aromatic nitrogens is 1. The van der Waals surface area contributed by atoms with Crippen LogP contribution in [0.15, 0.2) is 66.9 Å². The maximum atomic E-state index is 12.4. The fraction of sp³-hybridized carbons (Fsp3) is 0.100. The summed E-state index contributed by atoms with van der Waals surface area (Å²) in [5.41, 5.74) is 1.83. The number of anilines is 1. The third-order valence-corrected chi connectivity index (χ3v) is 5.93. The number of ether oxygens (including phenoxy) is 1. The van der Waals surface area contributed by atoms with Crippen LogP contribution >= 0.6 is 0 Å². The van der Waals surface area contributed by atoms with Crippen LogP contribution in [0, 0.1) is 0 Å². The summed E-state index contributed by atoms with van der Waals surface area (Å²) in [4.78, 5) is 23.2. The van der Waals surface area contributed by atoms with Gasteiger partial charge in [-0.15, -0.1) is 0 Å². The lowest BCUT2D eigenvalue weighted by molar-refractivity contribution is -0.117. The van der Waals surface area contributed by atoms with E-state index in [1.807, 2.05) is 35.1 Å². The normalized spacial score (nSPS) is 15.1. The predicted octanol–water partition coefficient (Wildman–Crippen LogP) is 2.44. The Balaban J connectivity index is 1.77. The molecule has 0 unspecified atom stereocenters. The van der Waals surface area contributed by atoms with Crippen LogP contribution in [0.2, 0.25) is 0 Å². The van der Waals surface area contributed by atoms with E-state index in [-0.39, 0.29) is 18.0 Å². The molecular weight excluding hydrogens is 410 g/mol. The van der Waals surface area contributed by atoms with Gasteiger partial charge in [0.2, 0.25) is 0 Å². The summed E-state index contributed by atoms with van der Waals surface area (Å²) in [6, 6.07) is 17.2. The van der Waals surface area contributed by atoms with E-state index in [0.29, 0.717) is 11.3 Å². The number of benzene rings is 2. The number of carbonyl (C=O) groups excluding carboxylic acids is 1. The van der Waals surface area contributed by atoms with Crippen molar-refractivity contribution in [2.24, 2.45) is 0 Å². The molecule has 154 valence electrons. The van der Waals surface area contributed by atoms with Gasteiger partial charge in [0.25, 0.3) is 5.91 Å². The minimum Gasteiger partial charge on any atom is -0.487 e. The number of amides is 1. The van der Waals surface area contributed by atoms with Crippen LogP contribution in [-0.4, -0.2) is 36.6 Å². The van der Waals surface area contributed by atoms with Gasteiger partial charge in [-0.1, -0.05) is 30.3 Å². The van der Waals surface area contributed by atoms with Gasteiger partial charge in [-0.3, -0.25) is 9.36 Å². The molecule has 1 amide bonds. The molecule has 0 saturated carbocycles. The van der Waals surface area contributed by atoms with Crippen molar-refractivity contribution in [3.63, 3.8) is 0 Å². The van der Waals surface area contributed by atoms with Crippen LogP contribution in [0.3, 0.4) is 0 Å². The Hall–Kier alpha value is -3.79. The van der Waals surface area contributed by atoms with Crippen molar-refractivity contribution in [2.75, 3.05) is 10.8 Å². The number of hydrogen-bond acceptors (Lipinski definition) is 5. The van der Waals surface area contributed by atoms with Gasteiger partial charge in [-0.25, -0.2) is 13.8 Å². The maximum absolute atomic E-state index is 12.4. The van der Waals surface area contributed by atoms with Crippen LogP contribution in [0.25, 0.3) is 11.3 Å². The van der Waals surface area contributed by atoms with E-state index in [9.17, 15) is 23.1 Å². The number of hydrogen-bond donors (Lipinski definition) is 2. The molecule has 2 aromatic carbocycles. The highest BCUT2D eigenvalue weighted by Crippen LogP contribution is 2.36. The molecular formula is C20H17N3O6S. The molecule has 9 nitrogen and oxygen atoms in total. The smallest absolute Gasteiger partial charge is 0.415 e. The lowest BCUT2D eigenvalue weighted by Crippen LogP contribution is -2.29. The third-order valence-electron chi connectivity index (χ3n) is 4.54. The molecule has 4 rings (SSSR count). The van der Waals surface area contributed by atoms with Gasteiger partial charge >= 0.3 is 16.3 Å². The van der Waals surface area contributed by atoms with Crippen molar-refractivity contribution in [2.45, 2.75) is 6.61 Å². The Bertz CT molecular complexity index is 1220. The average molecular weight is 427 g/mol. The van der Waals surface area contributed by atoms with E-state index in [2.05, 4.69) is 0 Å². The molecule has 0 atom stereocenters. The summed E-state index contributed by atoms with van der Waals surface area (Å²) in [5, 5.41) is 9.36. The molecule has 2 N–H and O–H groups in total. The molecule has 2 heterocycles. The highest BCUT2D eigenvalue weighted by molar-refractivity contribution is 7.92. The Labute approximate surface area is 172 Å². The molecule has 1 aliphatic heterocycles. The zero-order chi connectivity index (χ0) is 21.3. The van der Waals surface area contributed by atoms with Crippen LogP contribution in [-0.2, 0) is 21.6 Å². The summed E-state index contributed by atoms with van der Waals surface area (Å²) in [6.45, 7) is -0.207. The second-order valence-electron chi connectivity index (χ2n) is 6.54. The van der Waals surface area contributed by atoms with Gasteiger partial charge in [0.1, 0.15) is 18.9 Å². The molecule has 30 heavy (non-hydrogen) atoms. The molecule has 1 aliphatic rings. The summed E-state index contributed by atoms with van der Waals surface area (Å²) in [5.74, 6) is -0.417. The first-order valence-corrected chi connectivity index (χ1v) is 10.3. The minimum absolute atomic E-state index is 0.139. The van der Waals surface area contributed by atoms with Crippen LogP contribution in [0.1, 0.15) is 5.56 Å². The van der Waals surface area contributed by atoms with Gasteiger partial charge in [0, 0.05) is 11.8 Å². The van der Waals surface area contributed by atoms with Gasteiger partial charge in [-0.2, -0.15) is 8.42 Å². The maximum Gasteiger partial charge on any atom is 0.415 e. The molecule has 0 spiro atoms. The molecule has 1 aromatic heterocycles. The van der Waals surface area contributed by atoms with Crippen molar-refractivity contribution >= 4 is 27.9 Å². The summed E-state index contributed by atoms with van der Waals surface area (Å²) in [6.07, 6.45) is 0.209. The SMILES string of the molecule is O=C1CN(c2cc(-c3cccn3C(=O)O)ccc2OCc2ccccc2)S(=O)(=O)N1. The number of carbonyl (C=O) groups is 2. The van der Waals surface area contributed by atoms with E-state index >= 15 is 0 Å². The zero-order valence-corrected chi connectivity index (χ0v) is 16.4. The summed E-state index contributed by atoms with van der Waals surface area (Å²) in [7, 11) is -4.08. The van der Waals surface area contributed by atoms with Gasteiger partial charge in [-0.05, 0) is 35.9 Å². The fourth-order valence-electron chi connectivity index (χ4n) is 3.17. The Morgan fingerprint density at radius 1 is 1.10 bits per heavy atom. The first-order valence-electron chi connectivity index (χ1n) is 8.90. The molecule has 10 heteroatoms. The van der Waals surface area contributed by atoms with E-state index in [0.717, 1.165) is 14.4 Å². The molecule has 3 aromatic rings. The van der Waals surface area contributed by atoms with E-state index in [1.54, 1.807) is 24.3 Å². The number of nitrogens with one attached hydrogen (secondary N) is 1. The number of rotatable bonds is 5. The largest absolute Gasteiger partial charge is 0.487 e. The molecule has 0 radical (unpaired) electrons. The Morgan fingerprint density at radius 3 is 2.53 bits per heavy atom. The third kappa shape index (κ3) is 3.72. The second-order valence-corrected chi connectivity index (χ2v) is 8.13. The fourth-order valence-corrected chi connectivity index (χ4v) is 4.32. The van der Waals surface area contributed by atoms with Crippen molar-refractivity contribution in [1.82, 2.24) is 9.29 Å². The molecule has 0 aliphatic carbocycles. The molecule has 1 fully saturated rings. The van der Waals surface area contributed by atoms with Crippen LogP contribution in [0.4, 0.5) is 10.5 Å². The second kappa shape index (κ2) is 7.56. The first kappa shape index (κ1) is 19.5. The number of nitrogens with zero attached hydrogens (tertiary/aromatic N) is 2.